The van der Waals surface area contributed by atoms with Gasteiger partial charge in [-0.05, 0) is 33.3 Å². The topological polar surface area (TPSA) is 38.3 Å². The van der Waals surface area contributed by atoms with Gasteiger partial charge in [0.25, 0.3) is 0 Å². The Hall–Kier alpha value is -1.58. The maximum absolute atomic E-state index is 13.0. The standard InChI is InChI=1S/C14H20FNO2/c1-10-5-7-11(8-6-10)12(9-15)16-13(17)18-14(2,3)4/h5-8,12H,9H2,1-4H3,(H,16,17). The Bertz CT molecular complexity index is 395. The lowest BCUT2D eigenvalue weighted by Gasteiger charge is -2.22. The number of ether oxygens (including phenoxy) is 1. The normalized spacial score (nSPS) is 12.9. The molecular formula is C14H20FNO2. The van der Waals surface area contributed by atoms with Crippen LogP contribution in [0, 0.1) is 6.92 Å². The Morgan fingerprint density at radius 1 is 1.33 bits per heavy atom. The number of benzene rings is 1. The van der Waals surface area contributed by atoms with E-state index in [2.05, 4.69) is 5.32 Å². The lowest BCUT2D eigenvalue weighted by Crippen LogP contribution is -2.35. The second kappa shape index (κ2) is 5.85. The van der Waals surface area contributed by atoms with Crippen molar-refractivity contribution in [3.63, 3.8) is 0 Å². The molecule has 18 heavy (non-hydrogen) atoms. The Kier molecular flexibility index (Phi) is 4.70. The summed E-state index contributed by atoms with van der Waals surface area (Å²) in [6.45, 7) is 6.59. The van der Waals surface area contributed by atoms with Crippen LogP contribution < -0.4 is 5.32 Å². The Morgan fingerprint density at radius 2 is 1.89 bits per heavy atom. The predicted molar refractivity (Wildman–Crippen MR) is 69.3 cm³/mol. The van der Waals surface area contributed by atoms with Gasteiger partial charge in [-0.3, -0.25) is 0 Å². The lowest BCUT2D eigenvalue weighted by molar-refractivity contribution is 0.0495. The second-order valence-electron chi connectivity index (χ2n) is 5.26. The van der Waals surface area contributed by atoms with Gasteiger partial charge in [0.2, 0.25) is 0 Å². The zero-order chi connectivity index (χ0) is 13.8. The molecule has 0 saturated heterocycles. The van der Waals surface area contributed by atoms with Crippen molar-refractivity contribution >= 4 is 6.09 Å². The van der Waals surface area contributed by atoms with Crippen molar-refractivity contribution in [2.45, 2.75) is 39.3 Å². The van der Waals surface area contributed by atoms with Crippen molar-refractivity contribution in [2.75, 3.05) is 6.67 Å². The van der Waals surface area contributed by atoms with Crippen LogP contribution in [0.3, 0.4) is 0 Å². The summed E-state index contributed by atoms with van der Waals surface area (Å²) in [5.41, 5.74) is 1.24. The zero-order valence-corrected chi connectivity index (χ0v) is 11.3. The first-order valence-electron chi connectivity index (χ1n) is 5.94. The monoisotopic (exact) mass is 253 g/mol. The van der Waals surface area contributed by atoms with Crippen LogP contribution in [0.2, 0.25) is 0 Å². The van der Waals surface area contributed by atoms with Gasteiger partial charge in [0, 0.05) is 0 Å². The molecule has 3 nitrogen and oxygen atoms in total. The minimum atomic E-state index is -0.666. The molecule has 0 aromatic heterocycles. The Morgan fingerprint density at radius 3 is 2.33 bits per heavy atom. The molecule has 0 aliphatic carbocycles. The zero-order valence-electron chi connectivity index (χ0n) is 11.3. The average molecular weight is 253 g/mol. The highest BCUT2D eigenvalue weighted by molar-refractivity contribution is 5.68. The quantitative estimate of drug-likeness (QED) is 0.894. The molecule has 1 N–H and O–H groups in total. The first-order valence-corrected chi connectivity index (χ1v) is 5.94. The third-order valence-corrected chi connectivity index (χ3v) is 2.32. The van der Waals surface area contributed by atoms with Gasteiger partial charge >= 0.3 is 6.09 Å². The number of aryl methyl sites for hydroxylation is 1. The van der Waals surface area contributed by atoms with Gasteiger partial charge in [-0.1, -0.05) is 29.8 Å². The average Bonchev–Trinajstić information content (AvgIpc) is 2.25. The highest BCUT2D eigenvalue weighted by Crippen LogP contribution is 2.16. The first kappa shape index (κ1) is 14.5. The molecule has 1 amide bonds. The minimum Gasteiger partial charge on any atom is -0.444 e. The summed E-state index contributed by atoms with van der Waals surface area (Å²) in [5, 5.41) is 2.52. The summed E-state index contributed by atoms with van der Waals surface area (Å²) in [4.78, 5) is 11.6. The summed E-state index contributed by atoms with van der Waals surface area (Å²) in [5.74, 6) is 0. The molecule has 0 aliphatic heterocycles. The molecule has 0 fully saturated rings. The highest BCUT2D eigenvalue weighted by Gasteiger charge is 2.20. The van der Waals surface area contributed by atoms with Crippen molar-refractivity contribution in [3.8, 4) is 0 Å². The summed E-state index contributed by atoms with van der Waals surface area (Å²) < 4.78 is 18.1. The number of rotatable bonds is 3. The Labute approximate surface area is 107 Å². The molecular weight excluding hydrogens is 233 g/mol. The number of alkyl halides is 1. The van der Waals surface area contributed by atoms with E-state index < -0.39 is 24.4 Å². The molecule has 1 aromatic carbocycles. The lowest BCUT2D eigenvalue weighted by atomic mass is 10.1. The van der Waals surface area contributed by atoms with Gasteiger partial charge in [0.15, 0.2) is 0 Å². The minimum absolute atomic E-state index is 0.585. The summed E-state index contributed by atoms with van der Waals surface area (Å²) in [6.07, 6.45) is -0.606. The van der Waals surface area contributed by atoms with E-state index in [1.54, 1.807) is 32.9 Å². The molecule has 0 radical (unpaired) electrons. The number of hydrogen-bond donors (Lipinski definition) is 1. The van der Waals surface area contributed by atoms with Gasteiger partial charge in [0.1, 0.15) is 12.3 Å². The van der Waals surface area contributed by atoms with Crippen LogP contribution in [0.25, 0.3) is 0 Å². The van der Waals surface area contributed by atoms with Gasteiger partial charge in [0.05, 0.1) is 6.04 Å². The fourth-order valence-electron chi connectivity index (χ4n) is 1.46. The first-order chi connectivity index (χ1) is 8.31. The number of alkyl carbamates (subject to hydrolysis) is 1. The van der Waals surface area contributed by atoms with E-state index in [9.17, 15) is 9.18 Å². The summed E-state index contributed by atoms with van der Waals surface area (Å²) >= 11 is 0. The summed E-state index contributed by atoms with van der Waals surface area (Å²) in [6, 6.07) is 6.71. The number of halogens is 1. The molecule has 100 valence electrons. The largest absolute Gasteiger partial charge is 0.444 e. The van der Waals surface area contributed by atoms with E-state index in [4.69, 9.17) is 4.74 Å². The van der Waals surface area contributed by atoms with Gasteiger partial charge in [-0.15, -0.1) is 0 Å². The third kappa shape index (κ3) is 4.73. The van der Waals surface area contributed by atoms with Gasteiger partial charge in [-0.25, -0.2) is 9.18 Å². The fourth-order valence-corrected chi connectivity index (χ4v) is 1.46. The van der Waals surface area contributed by atoms with Crippen molar-refractivity contribution < 1.29 is 13.9 Å². The van der Waals surface area contributed by atoms with E-state index in [-0.39, 0.29) is 0 Å². The van der Waals surface area contributed by atoms with E-state index in [0.29, 0.717) is 0 Å². The van der Waals surface area contributed by atoms with Crippen LogP contribution in [-0.2, 0) is 4.74 Å². The summed E-state index contributed by atoms with van der Waals surface area (Å²) in [7, 11) is 0. The van der Waals surface area contributed by atoms with Crippen LogP contribution in [0.4, 0.5) is 9.18 Å². The van der Waals surface area contributed by atoms with Gasteiger partial charge < -0.3 is 10.1 Å². The smallest absolute Gasteiger partial charge is 0.408 e. The predicted octanol–water partition coefficient (Wildman–Crippen LogP) is 3.53. The van der Waals surface area contributed by atoms with Crippen LogP contribution in [0.15, 0.2) is 24.3 Å². The van der Waals surface area contributed by atoms with Gasteiger partial charge in [-0.2, -0.15) is 0 Å². The molecule has 1 rings (SSSR count). The van der Waals surface area contributed by atoms with Crippen molar-refractivity contribution in [1.82, 2.24) is 5.32 Å². The molecule has 1 unspecified atom stereocenters. The molecule has 0 saturated carbocycles. The van der Waals surface area contributed by atoms with E-state index in [1.165, 1.54) is 0 Å². The number of carbonyl (C=O) groups is 1. The molecule has 0 bridgehead atoms. The maximum Gasteiger partial charge on any atom is 0.408 e. The number of carbonyl (C=O) groups excluding carboxylic acids is 1. The highest BCUT2D eigenvalue weighted by atomic mass is 19.1. The number of hydrogen-bond acceptors (Lipinski definition) is 2. The number of nitrogens with one attached hydrogen (secondary N) is 1. The second-order valence-corrected chi connectivity index (χ2v) is 5.26. The van der Waals surface area contributed by atoms with Crippen molar-refractivity contribution in [2.24, 2.45) is 0 Å². The van der Waals surface area contributed by atoms with Crippen molar-refractivity contribution in [3.05, 3.63) is 35.4 Å². The molecule has 1 aromatic rings. The SMILES string of the molecule is Cc1ccc(C(CF)NC(=O)OC(C)(C)C)cc1. The van der Waals surface area contributed by atoms with Crippen LogP contribution >= 0.6 is 0 Å². The van der Waals surface area contributed by atoms with Crippen LogP contribution in [0.5, 0.6) is 0 Å². The Balaban J connectivity index is 2.68. The molecule has 0 heterocycles. The molecule has 0 spiro atoms. The molecule has 0 aliphatic rings. The molecule has 1 atom stereocenters. The molecule has 4 heteroatoms. The van der Waals surface area contributed by atoms with E-state index >= 15 is 0 Å². The third-order valence-electron chi connectivity index (χ3n) is 2.32. The van der Waals surface area contributed by atoms with E-state index in [1.807, 2.05) is 19.1 Å². The number of amides is 1. The van der Waals surface area contributed by atoms with Crippen LogP contribution in [-0.4, -0.2) is 18.4 Å². The van der Waals surface area contributed by atoms with Crippen molar-refractivity contribution in [1.29, 1.82) is 0 Å². The maximum atomic E-state index is 13.0. The van der Waals surface area contributed by atoms with E-state index in [0.717, 1.165) is 11.1 Å². The fraction of sp³-hybridized carbons (Fsp3) is 0.500. The van der Waals surface area contributed by atoms with Crippen LogP contribution in [0.1, 0.15) is 37.9 Å².